The number of aromatic amines is 2. The van der Waals surface area contributed by atoms with E-state index >= 15 is 0 Å². The van der Waals surface area contributed by atoms with Crippen LogP contribution < -0.4 is 0 Å². The first-order chi connectivity index (χ1) is 36.1. The molecule has 0 saturated carbocycles. The summed E-state index contributed by atoms with van der Waals surface area (Å²) in [7, 11) is 0. The van der Waals surface area contributed by atoms with Crippen LogP contribution in [0.5, 0.6) is 0 Å². The van der Waals surface area contributed by atoms with E-state index in [1.165, 1.54) is 65.3 Å². The van der Waals surface area contributed by atoms with Gasteiger partial charge in [-0.1, -0.05) is 158 Å². The average Bonchev–Trinajstić information content (AvgIpc) is 4.21. The zero-order valence-electron chi connectivity index (χ0n) is 39.4. The maximum absolute atomic E-state index is 5.24. The third kappa shape index (κ3) is 6.84. The molecule has 0 spiro atoms. The first-order valence-electron chi connectivity index (χ1n) is 24.7. The average molecular weight is 931 g/mol. The summed E-state index contributed by atoms with van der Waals surface area (Å²) in [5, 5.41) is 9.58. The summed E-state index contributed by atoms with van der Waals surface area (Å²) < 4.78 is 2.26. The Labute approximate surface area is 419 Å². The molecule has 12 aromatic carbocycles. The second kappa shape index (κ2) is 16.3. The van der Waals surface area contributed by atoms with Crippen molar-refractivity contribution in [2.75, 3.05) is 0 Å². The lowest BCUT2D eigenvalue weighted by Gasteiger charge is -2.20. The molecule has 0 aliphatic rings. The minimum Gasteiger partial charge on any atom is -0.338 e. The van der Waals surface area contributed by atoms with Gasteiger partial charge in [0.25, 0.3) is 0 Å². The number of benzene rings is 12. The molecule has 3 aromatic heterocycles. The zero-order chi connectivity index (χ0) is 48.0. The Morgan fingerprint density at radius 1 is 0.288 bits per heavy atom. The van der Waals surface area contributed by atoms with Crippen LogP contribution in [0.25, 0.3) is 149 Å². The van der Waals surface area contributed by atoms with Gasteiger partial charge in [0, 0.05) is 22.4 Å². The van der Waals surface area contributed by atoms with Gasteiger partial charge in [0.05, 0.1) is 33.1 Å². The fourth-order valence-corrected chi connectivity index (χ4v) is 11.1. The van der Waals surface area contributed by atoms with Crippen molar-refractivity contribution in [1.29, 1.82) is 0 Å². The van der Waals surface area contributed by atoms with E-state index in [1.54, 1.807) is 0 Å². The van der Waals surface area contributed by atoms with Gasteiger partial charge in [0.2, 0.25) is 0 Å². The number of fused-ring (bicyclic) bond motifs is 7. The van der Waals surface area contributed by atoms with Gasteiger partial charge in [-0.25, -0.2) is 15.0 Å². The first-order valence-corrected chi connectivity index (χ1v) is 24.7. The number of imidazole rings is 3. The smallest absolute Gasteiger partial charge is 0.145 e. The van der Waals surface area contributed by atoms with Crippen molar-refractivity contribution < 1.29 is 0 Å². The molecule has 0 saturated heterocycles. The van der Waals surface area contributed by atoms with Crippen LogP contribution in [-0.2, 0) is 0 Å². The second-order valence-corrected chi connectivity index (χ2v) is 19.0. The number of nitrogens with zero attached hydrogens (tertiary/aromatic N) is 4. The van der Waals surface area contributed by atoms with Crippen molar-refractivity contribution >= 4 is 76.2 Å². The van der Waals surface area contributed by atoms with E-state index in [2.05, 4.69) is 233 Å². The van der Waals surface area contributed by atoms with Crippen LogP contribution in [0, 0.1) is 0 Å². The quantitative estimate of drug-likeness (QED) is 0.156. The summed E-state index contributed by atoms with van der Waals surface area (Å²) in [6, 6.07) is 87.2. The second-order valence-electron chi connectivity index (χ2n) is 19.0. The number of aromatic nitrogens is 6. The SMILES string of the molecule is c1ccc2cc(-c3c4ccc(-c5nc6ccccc6[nH]5)cc4c(-c4ccc5ccccc5c4)c4ccc(-c5ccc(-c6nc7ccccc7n6-c6ccc(-c7nc8ccccc8[nH]7)cc6)cc5)cc34)ccc2c1. The van der Waals surface area contributed by atoms with E-state index in [9.17, 15) is 0 Å². The first kappa shape index (κ1) is 40.9. The molecular formula is C67H42N6. The van der Waals surface area contributed by atoms with Crippen LogP contribution in [0.1, 0.15) is 0 Å². The van der Waals surface area contributed by atoms with E-state index in [0.717, 1.165) is 84.1 Å². The van der Waals surface area contributed by atoms with Gasteiger partial charge in [-0.15, -0.1) is 0 Å². The highest BCUT2D eigenvalue weighted by atomic mass is 15.1. The van der Waals surface area contributed by atoms with Crippen molar-refractivity contribution in [3.05, 3.63) is 243 Å². The summed E-state index contributed by atoms with van der Waals surface area (Å²) in [5.41, 5.74) is 17.1. The highest BCUT2D eigenvalue weighted by Crippen LogP contribution is 2.47. The molecule has 15 aromatic rings. The maximum atomic E-state index is 5.24. The van der Waals surface area contributed by atoms with Crippen LogP contribution in [-0.4, -0.2) is 29.5 Å². The molecule has 0 aliphatic heterocycles. The number of nitrogens with one attached hydrogen (secondary N) is 2. The molecule has 0 unspecified atom stereocenters. The molecular weight excluding hydrogens is 889 g/mol. The number of rotatable bonds is 7. The predicted molar refractivity (Wildman–Crippen MR) is 303 cm³/mol. The Bertz CT molecular complexity index is 4600. The molecule has 6 heteroatoms. The fourth-order valence-electron chi connectivity index (χ4n) is 11.1. The monoisotopic (exact) mass is 930 g/mol. The van der Waals surface area contributed by atoms with Crippen LogP contribution in [0.4, 0.5) is 0 Å². The lowest BCUT2D eigenvalue weighted by atomic mass is 9.83. The summed E-state index contributed by atoms with van der Waals surface area (Å²) in [5.74, 6) is 2.59. The van der Waals surface area contributed by atoms with Gasteiger partial charge in [-0.05, 0) is 161 Å². The van der Waals surface area contributed by atoms with E-state index in [4.69, 9.17) is 15.0 Å². The number of hydrogen-bond donors (Lipinski definition) is 2. The van der Waals surface area contributed by atoms with Gasteiger partial charge >= 0.3 is 0 Å². The van der Waals surface area contributed by atoms with Crippen LogP contribution >= 0.6 is 0 Å². The van der Waals surface area contributed by atoms with Crippen LogP contribution in [0.2, 0.25) is 0 Å². The molecule has 0 atom stereocenters. The molecule has 340 valence electrons. The van der Waals surface area contributed by atoms with Crippen LogP contribution in [0.3, 0.4) is 0 Å². The Morgan fingerprint density at radius 3 is 1.34 bits per heavy atom. The Kier molecular flexibility index (Phi) is 9.16. The summed E-state index contributed by atoms with van der Waals surface area (Å²) in [6.07, 6.45) is 0. The maximum Gasteiger partial charge on any atom is 0.145 e. The van der Waals surface area contributed by atoms with Gasteiger partial charge in [-0.3, -0.25) is 4.57 Å². The minimum absolute atomic E-state index is 0.850. The third-order valence-electron chi connectivity index (χ3n) is 14.7. The van der Waals surface area contributed by atoms with Gasteiger partial charge in [0.15, 0.2) is 0 Å². The molecule has 2 N–H and O–H groups in total. The van der Waals surface area contributed by atoms with E-state index < -0.39 is 0 Å². The molecule has 0 fully saturated rings. The summed E-state index contributed by atoms with van der Waals surface area (Å²) in [4.78, 5) is 22.3. The molecule has 73 heavy (non-hydrogen) atoms. The van der Waals surface area contributed by atoms with Gasteiger partial charge < -0.3 is 9.97 Å². The number of H-pyrrole nitrogens is 2. The lowest BCUT2D eigenvalue weighted by Crippen LogP contribution is -1.98. The topological polar surface area (TPSA) is 75.2 Å². The Morgan fingerprint density at radius 2 is 0.740 bits per heavy atom. The summed E-state index contributed by atoms with van der Waals surface area (Å²) >= 11 is 0. The normalized spacial score (nSPS) is 11.8. The van der Waals surface area contributed by atoms with Crippen molar-refractivity contribution in [3.8, 4) is 73.2 Å². The Balaban J connectivity index is 0.900. The highest BCUT2D eigenvalue weighted by Gasteiger charge is 2.21. The van der Waals surface area contributed by atoms with E-state index in [1.807, 2.05) is 24.3 Å². The number of para-hydroxylation sites is 6. The largest absolute Gasteiger partial charge is 0.338 e. The summed E-state index contributed by atoms with van der Waals surface area (Å²) in [6.45, 7) is 0. The Hall–Kier alpha value is -9.91. The minimum atomic E-state index is 0.850. The fraction of sp³-hybridized carbons (Fsp3) is 0. The van der Waals surface area contributed by atoms with Crippen molar-refractivity contribution in [2.45, 2.75) is 0 Å². The van der Waals surface area contributed by atoms with E-state index in [0.29, 0.717) is 0 Å². The molecule has 3 heterocycles. The molecule has 0 radical (unpaired) electrons. The molecule has 6 nitrogen and oxygen atoms in total. The molecule has 15 rings (SSSR count). The molecule has 0 bridgehead atoms. The van der Waals surface area contributed by atoms with Crippen molar-refractivity contribution in [3.63, 3.8) is 0 Å². The van der Waals surface area contributed by atoms with Crippen molar-refractivity contribution in [2.24, 2.45) is 0 Å². The highest BCUT2D eigenvalue weighted by molar-refractivity contribution is 6.23. The van der Waals surface area contributed by atoms with Gasteiger partial charge in [-0.2, -0.15) is 0 Å². The molecule has 0 aliphatic carbocycles. The predicted octanol–water partition coefficient (Wildman–Crippen LogP) is 17.4. The van der Waals surface area contributed by atoms with E-state index in [-0.39, 0.29) is 0 Å². The zero-order valence-corrected chi connectivity index (χ0v) is 39.4. The number of hydrogen-bond acceptors (Lipinski definition) is 3. The van der Waals surface area contributed by atoms with Crippen molar-refractivity contribution in [1.82, 2.24) is 29.5 Å². The third-order valence-corrected chi connectivity index (χ3v) is 14.7. The van der Waals surface area contributed by atoms with Gasteiger partial charge in [0.1, 0.15) is 17.5 Å². The lowest BCUT2D eigenvalue weighted by molar-refractivity contribution is 1.10. The van der Waals surface area contributed by atoms with Crippen LogP contribution in [0.15, 0.2) is 243 Å². The standard InChI is InChI=1S/C67H42N6/c1-3-13-46-37-49(27-23-41(46)11-1)63-54-36-32-51(66-70-59-17-7-8-18-60(59)71-66)40-56(54)64(50-28-24-42-12-2-4-14-47(42)38-50)53-35-31-48(39-55(53)63)43-21-25-45(26-22-43)67-72-61-19-9-10-20-62(61)73(67)52-33-29-44(30-34-52)65-68-57-15-5-6-16-58(57)69-65/h1-40H,(H,68,69)(H,70,71). The molecule has 0 amide bonds.